The highest BCUT2D eigenvalue weighted by Crippen LogP contribution is 2.25. The Hall–Kier alpha value is -2.05. The van der Waals surface area contributed by atoms with Crippen LogP contribution in [0.5, 0.6) is 5.75 Å². The fraction of sp³-hybridized carbons (Fsp3) is 0.462. The number of hydrogen-bond donors (Lipinski definition) is 1. The van der Waals surface area contributed by atoms with E-state index >= 15 is 0 Å². The van der Waals surface area contributed by atoms with Gasteiger partial charge < -0.3 is 14.2 Å². The van der Waals surface area contributed by atoms with Crippen LogP contribution < -0.4 is 9.50 Å². The van der Waals surface area contributed by atoms with Gasteiger partial charge in [0.2, 0.25) is 0 Å². The predicted molar refractivity (Wildman–Crippen MR) is 79.2 cm³/mol. The second-order valence-electron chi connectivity index (χ2n) is 4.89. The number of aromatic nitrogens is 1. The number of carbonyl (C=O) groups is 2. The maximum Gasteiger partial charge on any atom is 0.550 e. The second kappa shape index (κ2) is 9.44. The van der Waals surface area contributed by atoms with Gasteiger partial charge in [-0.3, -0.25) is 4.79 Å². The number of rotatable bonds is 8. The molecular formula is C13H15F3N2O6S. The van der Waals surface area contributed by atoms with Gasteiger partial charge in [-0.05, 0) is 18.1 Å². The van der Waals surface area contributed by atoms with Crippen LogP contribution in [-0.2, 0) is 14.0 Å². The average molecular weight is 384 g/mol. The van der Waals surface area contributed by atoms with Crippen molar-refractivity contribution in [3.05, 3.63) is 23.5 Å². The number of hydrogen-bond acceptors (Lipinski definition) is 8. The molecule has 0 spiro atoms. The number of methoxy groups -OCH3 is 1. The average Bonchev–Trinajstić information content (AvgIpc) is 2.54. The summed E-state index contributed by atoms with van der Waals surface area (Å²) in [5.74, 6) is -1.56. The zero-order chi connectivity index (χ0) is 19.0. The Labute approximate surface area is 145 Å². The van der Waals surface area contributed by atoms with Crippen LogP contribution in [0, 0.1) is 5.92 Å². The topological polar surface area (TPSA) is 96.0 Å². The van der Waals surface area contributed by atoms with E-state index in [1.165, 1.54) is 6.07 Å². The molecule has 0 aromatic carbocycles. The zero-order valence-corrected chi connectivity index (χ0v) is 14.2. The summed E-state index contributed by atoms with van der Waals surface area (Å²) >= 11 is -0.187. The molecule has 1 N–H and O–H groups in total. The minimum Gasteiger partial charge on any atom is -0.464 e. The van der Waals surface area contributed by atoms with Crippen LogP contribution in [0.4, 0.5) is 13.2 Å². The summed E-state index contributed by atoms with van der Waals surface area (Å²) < 4.78 is 48.3. The first kappa shape index (κ1) is 21.0. The van der Waals surface area contributed by atoms with Crippen LogP contribution >= 0.6 is 12.3 Å². The molecule has 1 amide bonds. The molecule has 0 fully saturated rings. The van der Waals surface area contributed by atoms with E-state index in [0.717, 1.165) is 13.2 Å². The van der Waals surface area contributed by atoms with Crippen molar-refractivity contribution in [2.75, 3.05) is 13.7 Å². The lowest BCUT2D eigenvalue weighted by Crippen LogP contribution is -2.28. The Kier molecular flexibility index (Phi) is 7.93. The highest BCUT2D eigenvalue weighted by molar-refractivity contribution is 7.90. The molecule has 0 unspecified atom stereocenters. The standard InChI is InChI=1S/C13H15F3N2O6S/c1-7(2)6-17-11(19)8-4-5-9(10(18-8)12(20)21-3)22-25-24-23-13(14,15)16/h4-5,7H,6H2,1-3H3,(H,17,19). The number of pyridine rings is 1. The molecule has 140 valence electrons. The van der Waals surface area contributed by atoms with Gasteiger partial charge >= 0.3 is 12.3 Å². The summed E-state index contributed by atoms with van der Waals surface area (Å²) in [5, 5.41) is 2.60. The number of ether oxygens (including phenoxy) is 1. The largest absolute Gasteiger partial charge is 0.550 e. The Morgan fingerprint density at radius 3 is 2.56 bits per heavy atom. The van der Waals surface area contributed by atoms with Crippen molar-refractivity contribution in [1.82, 2.24) is 10.3 Å². The summed E-state index contributed by atoms with van der Waals surface area (Å²) in [7, 11) is 1.07. The number of alkyl halides is 3. The maximum absolute atomic E-state index is 12.0. The second-order valence-corrected chi connectivity index (χ2v) is 5.33. The highest BCUT2D eigenvalue weighted by atomic mass is 32.2. The van der Waals surface area contributed by atoms with Gasteiger partial charge in [0.25, 0.3) is 18.2 Å². The lowest BCUT2D eigenvalue weighted by atomic mass is 10.2. The van der Waals surface area contributed by atoms with Gasteiger partial charge in [-0.1, -0.05) is 13.8 Å². The molecule has 0 saturated heterocycles. The number of amides is 1. The van der Waals surface area contributed by atoms with Gasteiger partial charge in [-0.25, -0.2) is 9.78 Å². The van der Waals surface area contributed by atoms with Crippen LogP contribution in [0.1, 0.15) is 34.8 Å². The molecule has 12 heteroatoms. The number of halogens is 3. The molecule has 0 aliphatic heterocycles. The summed E-state index contributed by atoms with van der Waals surface area (Å²) in [6.45, 7) is 4.18. The van der Waals surface area contributed by atoms with E-state index < -0.39 is 23.9 Å². The first-order valence-corrected chi connectivity index (χ1v) is 7.44. The van der Waals surface area contributed by atoms with Gasteiger partial charge in [0, 0.05) is 6.54 Å². The van der Waals surface area contributed by atoms with Crippen molar-refractivity contribution >= 4 is 24.2 Å². The van der Waals surface area contributed by atoms with Crippen molar-refractivity contribution in [3.63, 3.8) is 0 Å². The normalized spacial score (nSPS) is 11.3. The lowest BCUT2D eigenvalue weighted by Gasteiger charge is -2.10. The molecule has 0 aliphatic rings. The van der Waals surface area contributed by atoms with E-state index in [4.69, 9.17) is 4.18 Å². The van der Waals surface area contributed by atoms with Crippen LogP contribution in [0.25, 0.3) is 0 Å². The Morgan fingerprint density at radius 2 is 2.00 bits per heavy atom. The minimum absolute atomic E-state index is 0.0918. The monoisotopic (exact) mass is 384 g/mol. The summed E-state index contributed by atoms with van der Waals surface area (Å²) in [5.41, 5.74) is -0.506. The fourth-order valence-corrected chi connectivity index (χ4v) is 1.71. The van der Waals surface area contributed by atoms with Gasteiger partial charge in [0.1, 0.15) is 5.69 Å². The molecule has 0 atom stereocenters. The molecule has 0 radical (unpaired) electrons. The van der Waals surface area contributed by atoms with Gasteiger partial charge in [0.15, 0.2) is 11.4 Å². The number of esters is 1. The summed E-state index contributed by atoms with van der Waals surface area (Å²) in [4.78, 5) is 30.5. The lowest BCUT2D eigenvalue weighted by molar-refractivity contribution is -0.441. The SMILES string of the molecule is COC(=O)c1nc(C(=O)NCC(C)C)ccc1OSOOC(F)(F)F. The third-order valence-corrected chi connectivity index (χ3v) is 2.79. The van der Waals surface area contributed by atoms with E-state index in [1.54, 1.807) is 0 Å². The van der Waals surface area contributed by atoms with Crippen molar-refractivity contribution < 1.29 is 40.9 Å². The third kappa shape index (κ3) is 7.58. The first-order chi connectivity index (χ1) is 11.6. The van der Waals surface area contributed by atoms with Crippen molar-refractivity contribution in [2.24, 2.45) is 5.92 Å². The molecule has 0 aliphatic carbocycles. The molecule has 1 heterocycles. The van der Waals surface area contributed by atoms with Crippen LogP contribution in [0.3, 0.4) is 0 Å². The fourth-order valence-electron chi connectivity index (χ4n) is 1.37. The van der Waals surface area contributed by atoms with Crippen LogP contribution in [0.15, 0.2) is 12.1 Å². The molecule has 0 saturated carbocycles. The van der Waals surface area contributed by atoms with Crippen molar-refractivity contribution in [3.8, 4) is 5.75 Å². The van der Waals surface area contributed by atoms with Crippen LogP contribution in [-0.4, -0.2) is 36.9 Å². The highest BCUT2D eigenvalue weighted by Gasteiger charge is 2.32. The van der Waals surface area contributed by atoms with E-state index in [9.17, 15) is 22.8 Å². The molecule has 25 heavy (non-hydrogen) atoms. The summed E-state index contributed by atoms with van der Waals surface area (Å²) in [6, 6.07) is 2.39. The third-order valence-electron chi connectivity index (χ3n) is 2.42. The number of nitrogens with zero attached hydrogens (tertiary/aromatic N) is 1. The molecule has 8 nitrogen and oxygen atoms in total. The smallest absolute Gasteiger partial charge is 0.464 e. The molecule has 1 aromatic heterocycles. The van der Waals surface area contributed by atoms with E-state index in [2.05, 4.69) is 24.3 Å². The molecule has 1 rings (SSSR count). The summed E-state index contributed by atoms with van der Waals surface area (Å²) in [6.07, 6.45) is -5.02. The number of carbonyl (C=O) groups excluding carboxylic acids is 2. The van der Waals surface area contributed by atoms with E-state index in [0.29, 0.717) is 6.54 Å². The maximum atomic E-state index is 12.0. The number of nitrogens with one attached hydrogen (secondary N) is 1. The first-order valence-electron chi connectivity index (χ1n) is 6.77. The van der Waals surface area contributed by atoms with Crippen molar-refractivity contribution in [1.29, 1.82) is 0 Å². The Balaban J connectivity index is 2.84. The molecular weight excluding hydrogens is 369 g/mol. The molecule has 0 bridgehead atoms. The minimum atomic E-state index is -5.02. The predicted octanol–water partition coefficient (Wildman–Crippen LogP) is 2.66. The van der Waals surface area contributed by atoms with Gasteiger partial charge in [0.05, 0.1) is 7.11 Å². The van der Waals surface area contributed by atoms with E-state index in [1.807, 2.05) is 13.8 Å². The Morgan fingerprint density at radius 1 is 1.32 bits per heavy atom. The van der Waals surface area contributed by atoms with Crippen molar-refractivity contribution in [2.45, 2.75) is 20.2 Å². The molecule has 1 aromatic rings. The van der Waals surface area contributed by atoms with Gasteiger partial charge in [-0.15, -0.1) is 22.4 Å². The van der Waals surface area contributed by atoms with Crippen LogP contribution in [0.2, 0.25) is 0 Å². The van der Waals surface area contributed by atoms with E-state index in [-0.39, 0.29) is 29.7 Å². The van der Waals surface area contributed by atoms with Gasteiger partial charge in [-0.2, -0.15) is 0 Å². The zero-order valence-electron chi connectivity index (χ0n) is 13.4. The Bertz CT molecular complexity index is 612. The quantitative estimate of drug-likeness (QED) is 0.240.